The minimum Gasteiger partial charge on any atom is -0.338 e. The van der Waals surface area contributed by atoms with Crippen LogP contribution in [0.3, 0.4) is 0 Å². The van der Waals surface area contributed by atoms with E-state index in [-0.39, 0.29) is 23.3 Å². The number of carbonyl (C=O) groups is 1. The predicted octanol–water partition coefficient (Wildman–Crippen LogP) is 4.33. The van der Waals surface area contributed by atoms with Gasteiger partial charge in [-0.05, 0) is 60.4 Å². The first kappa shape index (κ1) is 19.8. The molecule has 1 fully saturated rings. The van der Waals surface area contributed by atoms with Crippen LogP contribution in [-0.4, -0.2) is 33.4 Å². The SMILES string of the molecule is O=C(c1ccncc1)N1C[C@H]2C[C@H](C1)c1ccc(C=Cc3ccc(Cl)cc3)c(=O)n1C2. The summed E-state index contributed by atoms with van der Waals surface area (Å²) in [6.45, 7) is 1.96. The van der Waals surface area contributed by atoms with Crippen molar-refractivity contribution in [3.8, 4) is 0 Å². The van der Waals surface area contributed by atoms with Gasteiger partial charge in [0.15, 0.2) is 0 Å². The molecule has 6 heteroatoms. The molecule has 2 bridgehead atoms. The van der Waals surface area contributed by atoms with E-state index in [1.165, 1.54) is 0 Å². The highest BCUT2D eigenvalue weighted by atomic mass is 35.5. The molecule has 31 heavy (non-hydrogen) atoms. The molecular formula is C25H22ClN3O2. The van der Waals surface area contributed by atoms with E-state index in [9.17, 15) is 9.59 Å². The summed E-state index contributed by atoms with van der Waals surface area (Å²) >= 11 is 5.94. The van der Waals surface area contributed by atoms with Gasteiger partial charge in [-0.1, -0.05) is 29.8 Å². The van der Waals surface area contributed by atoms with E-state index in [0.717, 1.165) is 17.7 Å². The van der Waals surface area contributed by atoms with Gasteiger partial charge in [0.2, 0.25) is 0 Å². The van der Waals surface area contributed by atoms with Crippen molar-refractivity contribution in [3.05, 3.63) is 98.7 Å². The lowest BCUT2D eigenvalue weighted by Gasteiger charge is -2.42. The fourth-order valence-electron chi connectivity index (χ4n) is 4.69. The summed E-state index contributed by atoms with van der Waals surface area (Å²) in [7, 11) is 0. The molecule has 0 aliphatic carbocycles. The maximum absolute atomic E-state index is 13.2. The number of rotatable bonds is 3. The van der Waals surface area contributed by atoms with E-state index in [4.69, 9.17) is 11.6 Å². The molecule has 1 aromatic carbocycles. The summed E-state index contributed by atoms with van der Waals surface area (Å²) in [5.74, 6) is 0.501. The van der Waals surface area contributed by atoms with E-state index in [1.54, 1.807) is 24.5 Å². The average molecular weight is 432 g/mol. The number of hydrogen-bond donors (Lipinski definition) is 0. The van der Waals surface area contributed by atoms with E-state index in [2.05, 4.69) is 4.98 Å². The molecule has 2 aromatic heterocycles. The van der Waals surface area contributed by atoms with Crippen LogP contribution >= 0.6 is 11.6 Å². The molecule has 2 aliphatic heterocycles. The van der Waals surface area contributed by atoms with Crippen LogP contribution in [0.1, 0.15) is 39.5 Å². The molecule has 0 radical (unpaired) electrons. The first-order valence-corrected chi connectivity index (χ1v) is 10.8. The lowest BCUT2D eigenvalue weighted by atomic mass is 9.82. The first-order valence-electron chi connectivity index (χ1n) is 10.4. The van der Waals surface area contributed by atoms with Crippen molar-refractivity contribution in [1.82, 2.24) is 14.5 Å². The van der Waals surface area contributed by atoms with Crippen molar-refractivity contribution in [2.45, 2.75) is 18.9 Å². The summed E-state index contributed by atoms with van der Waals surface area (Å²) in [4.78, 5) is 32.0. The number of benzene rings is 1. The molecule has 1 amide bonds. The van der Waals surface area contributed by atoms with Gasteiger partial charge < -0.3 is 9.47 Å². The fourth-order valence-corrected chi connectivity index (χ4v) is 4.82. The number of fused-ring (bicyclic) bond motifs is 4. The number of nitrogens with zero attached hydrogens (tertiary/aromatic N) is 3. The van der Waals surface area contributed by atoms with Crippen LogP contribution in [0.15, 0.2) is 65.7 Å². The second-order valence-corrected chi connectivity index (χ2v) is 8.70. The molecule has 156 valence electrons. The highest BCUT2D eigenvalue weighted by Crippen LogP contribution is 2.35. The summed E-state index contributed by atoms with van der Waals surface area (Å²) in [5, 5.41) is 0.689. The second-order valence-electron chi connectivity index (χ2n) is 8.26. The lowest BCUT2D eigenvalue weighted by molar-refractivity contribution is 0.0594. The highest BCUT2D eigenvalue weighted by molar-refractivity contribution is 6.30. The smallest absolute Gasteiger partial charge is 0.258 e. The highest BCUT2D eigenvalue weighted by Gasteiger charge is 2.36. The number of amides is 1. The number of pyridine rings is 2. The predicted molar refractivity (Wildman–Crippen MR) is 122 cm³/mol. The van der Waals surface area contributed by atoms with Gasteiger partial charge in [0.05, 0.1) is 0 Å². The Balaban J connectivity index is 1.39. The second kappa shape index (κ2) is 8.16. The molecule has 4 heterocycles. The van der Waals surface area contributed by atoms with Gasteiger partial charge in [0, 0.05) is 59.8 Å². The van der Waals surface area contributed by atoms with Crippen molar-refractivity contribution in [2.75, 3.05) is 13.1 Å². The maximum Gasteiger partial charge on any atom is 0.258 e. The van der Waals surface area contributed by atoms with Crippen LogP contribution < -0.4 is 5.56 Å². The van der Waals surface area contributed by atoms with Gasteiger partial charge in [-0.3, -0.25) is 14.6 Å². The molecule has 0 saturated carbocycles. The molecule has 0 unspecified atom stereocenters. The zero-order valence-electron chi connectivity index (χ0n) is 16.9. The maximum atomic E-state index is 13.2. The average Bonchev–Trinajstić information content (AvgIpc) is 2.80. The molecule has 3 aromatic rings. The van der Waals surface area contributed by atoms with Gasteiger partial charge in [-0.2, -0.15) is 0 Å². The Morgan fingerprint density at radius 1 is 0.968 bits per heavy atom. The largest absolute Gasteiger partial charge is 0.338 e. The third-order valence-electron chi connectivity index (χ3n) is 6.17. The lowest BCUT2D eigenvalue weighted by Crippen LogP contribution is -2.49. The van der Waals surface area contributed by atoms with Crippen LogP contribution in [0.4, 0.5) is 0 Å². The zero-order valence-corrected chi connectivity index (χ0v) is 17.7. The molecule has 2 aliphatic rings. The third kappa shape index (κ3) is 3.93. The summed E-state index contributed by atoms with van der Waals surface area (Å²) in [5.41, 5.74) is 3.38. The van der Waals surface area contributed by atoms with Crippen molar-refractivity contribution in [2.24, 2.45) is 5.92 Å². The van der Waals surface area contributed by atoms with Crippen LogP contribution in [0, 0.1) is 5.92 Å². The van der Waals surface area contributed by atoms with Crippen molar-refractivity contribution >= 4 is 29.7 Å². The van der Waals surface area contributed by atoms with Gasteiger partial charge >= 0.3 is 0 Å². The Hall–Kier alpha value is -3.18. The number of hydrogen-bond acceptors (Lipinski definition) is 3. The number of halogens is 1. The number of aromatic nitrogens is 2. The van der Waals surface area contributed by atoms with E-state index in [0.29, 0.717) is 35.8 Å². The minimum atomic E-state index is 0.0336. The van der Waals surface area contributed by atoms with Crippen LogP contribution in [0.5, 0.6) is 0 Å². The van der Waals surface area contributed by atoms with Gasteiger partial charge in [-0.25, -0.2) is 0 Å². The quantitative estimate of drug-likeness (QED) is 0.620. The summed E-state index contributed by atoms with van der Waals surface area (Å²) < 4.78 is 1.91. The molecule has 2 atom stereocenters. The molecular weight excluding hydrogens is 410 g/mol. The molecule has 5 rings (SSSR count). The van der Waals surface area contributed by atoms with Gasteiger partial charge in [0.1, 0.15) is 0 Å². The Bertz CT molecular complexity index is 1200. The Labute approximate surface area is 185 Å². The van der Waals surface area contributed by atoms with Crippen LogP contribution in [-0.2, 0) is 6.54 Å². The normalized spacial score (nSPS) is 20.0. The summed E-state index contributed by atoms with van der Waals surface area (Å²) in [6, 6.07) is 15.0. The van der Waals surface area contributed by atoms with E-state index in [1.807, 2.05) is 58.0 Å². The molecule has 1 saturated heterocycles. The number of likely N-dealkylation sites (tertiary alicyclic amines) is 1. The zero-order chi connectivity index (χ0) is 21.4. The van der Waals surface area contributed by atoms with E-state index >= 15 is 0 Å². The van der Waals surface area contributed by atoms with Crippen molar-refractivity contribution < 1.29 is 4.79 Å². The summed E-state index contributed by atoms with van der Waals surface area (Å²) in [6.07, 6.45) is 8.10. The Kier molecular flexibility index (Phi) is 5.20. The topological polar surface area (TPSA) is 55.2 Å². The fraction of sp³-hybridized carbons (Fsp3) is 0.240. The standard InChI is InChI=1S/C25H22ClN3O2/c26-22-6-2-17(3-7-22)1-4-19-5-8-23-21-13-18(15-29(23)25(19)31)14-28(16-21)24(30)20-9-11-27-12-10-20/h1-12,18,21H,13-16H2/t18-,21-/m1/s1. The monoisotopic (exact) mass is 431 g/mol. The Morgan fingerprint density at radius 3 is 2.52 bits per heavy atom. The minimum absolute atomic E-state index is 0.0336. The third-order valence-corrected chi connectivity index (χ3v) is 6.43. The van der Waals surface area contributed by atoms with Crippen LogP contribution in [0.25, 0.3) is 12.2 Å². The van der Waals surface area contributed by atoms with Crippen LogP contribution in [0.2, 0.25) is 5.02 Å². The van der Waals surface area contributed by atoms with E-state index < -0.39 is 0 Å². The molecule has 0 N–H and O–H groups in total. The van der Waals surface area contributed by atoms with Crippen molar-refractivity contribution in [3.63, 3.8) is 0 Å². The van der Waals surface area contributed by atoms with Gasteiger partial charge in [0.25, 0.3) is 11.5 Å². The number of piperidine rings is 1. The van der Waals surface area contributed by atoms with Crippen molar-refractivity contribution in [1.29, 1.82) is 0 Å². The van der Waals surface area contributed by atoms with Gasteiger partial charge in [-0.15, -0.1) is 0 Å². The molecule has 0 spiro atoms. The molecule has 5 nitrogen and oxygen atoms in total. The number of carbonyl (C=O) groups excluding carboxylic acids is 1. The first-order chi connectivity index (χ1) is 15.1. The Morgan fingerprint density at radius 2 is 1.74 bits per heavy atom.